The summed E-state index contributed by atoms with van der Waals surface area (Å²) in [6.45, 7) is 0. The normalized spacial score (nSPS) is 13.5. The average molecular weight is 326 g/mol. The molecule has 12 nitrogen and oxygen atoms in total. The second-order valence-corrected chi connectivity index (χ2v) is 3.30. The molecule has 1 aromatic heterocycles. The summed E-state index contributed by atoms with van der Waals surface area (Å²) in [6.07, 6.45) is 0. The fraction of sp³-hybridized carbons (Fsp3) is 0. The zero-order chi connectivity index (χ0) is 14.2. The number of urea groups is 1. The van der Waals surface area contributed by atoms with Gasteiger partial charge in [-0.05, 0) is 0 Å². The molecule has 2 heterocycles. The number of amides is 4. The second kappa shape index (κ2) is 7.12. The molecule has 1 aliphatic rings. The number of carbonyl (C=O) groups excluding carboxylic acids is 3. The summed E-state index contributed by atoms with van der Waals surface area (Å²) < 4.78 is 0. The van der Waals surface area contributed by atoms with Crippen LogP contribution in [0.2, 0.25) is 0 Å². The number of nitrogens with one attached hydrogen (secondary N) is 4. The predicted octanol–water partition coefficient (Wildman–Crippen LogP) is -2.79. The van der Waals surface area contributed by atoms with E-state index in [0.29, 0.717) is 0 Å². The van der Waals surface area contributed by atoms with Gasteiger partial charge in [0.05, 0.1) is 0 Å². The van der Waals surface area contributed by atoms with Crippen LogP contribution in [0.15, 0.2) is 14.6 Å². The molecule has 110 valence electrons. The molecular formula is C8H10CaN6O6. The van der Waals surface area contributed by atoms with Gasteiger partial charge in [0.25, 0.3) is 17.4 Å². The van der Waals surface area contributed by atoms with Crippen molar-refractivity contribution in [2.45, 2.75) is 0 Å². The van der Waals surface area contributed by atoms with E-state index in [1.807, 2.05) is 4.98 Å². The van der Waals surface area contributed by atoms with Crippen molar-refractivity contribution in [2.75, 3.05) is 0 Å². The van der Waals surface area contributed by atoms with Crippen molar-refractivity contribution < 1.29 is 22.3 Å². The molecule has 0 bridgehead atoms. The van der Waals surface area contributed by atoms with Crippen molar-refractivity contribution in [1.82, 2.24) is 26.8 Å². The molecule has 0 radical (unpaired) electrons. The molecule has 0 atom stereocenters. The zero-order valence-electron chi connectivity index (χ0n) is 12.3. The molecule has 0 saturated carbocycles. The number of nitrogens with zero attached hydrogens (tertiary/aromatic N) is 1. The number of carbonyl (C=O) groups is 3. The monoisotopic (exact) mass is 326 g/mol. The Labute approximate surface area is 147 Å². The fourth-order valence-electron chi connectivity index (χ4n) is 1.24. The Morgan fingerprint density at radius 2 is 1.48 bits per heavy atom. The summed E-state index contributed by atoms with van der Waals surface area (Å²) in [5.41, 5.74) is -3.65. The topological polar surface area (TPSA) is 209 Å². The van der Waals surface area contributed by atoms with Gasteiger partial charge in [-0.15, -0.1) is 0 Å². The van der Waals surface area contributed by atoms with Crippen LogP contribution < -0.4 is 28.0 Å². The van der Waals surface area contributed by atoms with Crippen LogP contribution in [0, 0.1) is 0 Å². The third-order valence-corrected chi connectivity index (χ3v) is 2.01. The Morgan fingerprint density at radius 3 is 1.95 bits per heavy atom. The van der Waals surface area contributed by atoms with Crippen LogP contribution in [0.25, 0.3) is 0 Å². The molecule has 0 spiro atoms. The standard InChI is InChI=1S/C8H5N5O6.Ca.H3N.2H/c14-3-1(4(15)11-7(18)10-3)9-2-5(16)12-8(19)13-6(2)17;;;;/h(H2,10,11,14,15,18)(H3,12,13,16,17,19);;1H3;;/q;+2;;2*-1. The number of hydrogen-bond acceptors (Lipinski definition) is 8. The number of rotatable bonds is 1. The van der Waals surface area contributed by atoms with E-state index in [1.54, 1.807) is 15.6 Å². The van der Waals surface area contributed by atoms with Gasteiger partial charge in [0.15, 0.2) is 11.4 Å². The molecule has 8 N–H and O–H groups in total. The third-order valence-electron chi connectivity index (χ3n) is 2.01. The van der Waals surface area contributed by atoms with Crippen LogP contribution in [-0.4, -0.2) is 76.4 Å². The first kappa shape index (κ1) is 19.0. The Kier molecular flexibility index (Phi) is 6.44. The first-order valence-electron chi connectivity index (χ1n) is 4.69. The maximum absolute atomic E-state index is 11.3. The van der Waals surface area contributed by atoms with Crippen molar-refractivity contribution in [1.29, 1.82) is 0 Å². The van der Waals surface area contributed by atoms with Crippen LogP contribution in [0.1, 0.15) is 2.85 Å². The molecule has 1 fully saturated rings. The molecule has 1 aliphatic heterocycles. The van der Waals surface area contributed by atoms with E-state index in [-0.39, 0.29) is 46.7 Å². The summed E-state index contributed by atoms with van der Waals surface area (Å²) >= 11 is 0. The first-order valence-corrected chi connectivity index (χ1v) is 4.69. The van der Waals surface area contributed by atoms with Crippen LogP contribution in [0.4, 0.5) is 10.5 Å². The molecule has 2 rings (SSSR count). The number of aromatic amines is 2. The van der Waals surface area contributed by atoms with E-state index in [2.05, 4.69) is 4.99 Å². The minimum Gasteiger partial charge on any atom is -1.00 e. The number of aromatic nitrogens is 2. The number of imide groups is 2. The van der Waals surface area contributed by atoms with Gasteiger partial charge in [-0.3, -0.25) is 35.0 Å². The SMILES string of the molecule is N.O=C1NC(=O)C(=Nc2c(O)[nH]c(=O)[nH]c2=O)C(=O)N1.[Ca+2].[H-].[H-]. The summed E-state index contributed by atoms with van der Waals surface area (Å²) in [4.78, 5) is 62.4. The maximum atomic E-state index is 11.3. The Hall–Kier alpha value is -2.02. The van der Waals surface area contributed by atoms with Crippen molar-refractivity contribution >= 4 is 67.0 Å². The Bertz CT molecular complexity index is 736. The number of aliphatic imine (C=N–C) groups is 1. The summed E-state index contributed by atoms with van der Waals surface area (Å²) in [7, 11) is 0. The van der Waals surface area contributed by atoms with E-state index in [4.69, 9.17) is 0 Å². The molecule has 13 heteroatoms. The molecule has 0 aromatic carbocycles. The van der Waals surface area contributed by atoms with Gasteiger partial charge in [-0.25, -0.2) is 14.6 Å². The predicted molar refractivity (Wildman–Crippen MR) is 71.1 cm³/mol. The minimum atomic E-state index is -1.14. The molecular weight excluding hydrogens is 316 g/mol. The van der Waals surface area contributed by atoms with Crippen molar-refractivity contribution in [3.8, 4) is 5.88 Å². The van der Waals surface area contributed by atoms with E-state index >= 15 is 0 Å². The smallest absolute Gasteiger partial charge is 1.00 e. The van der Waals surface area contributed by atoms with Crippen LogP contribution in [-0.2, 0) is 9.59 Å². The van der Waals surface area contributed by atoms with Crippen molar-refractivity contribution in [3.05, 3.63) is 20.8 Å². The van der Waals surface area contributed by atoms with Gasteiger partial charge >= 0.3 is 49.5 Å². The van der Waals surface area contributed by atoms with E-state index in [0.717, 1.165) is 0 Å². The van der Waals surface area contributed by atoms with E-state index in [9.17, 15) is 29.1 Å². The quantitative estimate of drug-likeness (QED) is 0.298. The van der Waals surface area contributed by atoms with Gasteiger partial charge in [-0.1, -0.05) is 0 Å². The number of hydrogen-bond donors (Lipinski definition) is 6. The first-order chi connectivity index (χ1) is 8.88. The van der Waals surface area contributed by atoms with E-state index < -0.39 is 46.4 Å². The Balaban J connectivity index is -0.000001000. The van der Waals surface area contributed by atoms with Crippen LogP contribution in [0.5, 0.6) is 5.88 Å². The molecule has 0 unspecified atom stereocenters. The molecule has 1 aromatic rings. The van der Waals surface area contributed by atoms with Crippen molar-refractivity contribution in [2.24, 2.45) is 4.99 Å². The van der Waals surface area contributed by atoms with Gasteiger partial charge in [0.1, 0.15) is 0 Å². The second-order valence-electron chi connectivity index (χ2n) is 3.30. The largest absolute Gasteiger partial charge is 2.00 e. The number of aromatic hydroxyl groups is 1. The molecule has 0 aliphatic carbocycles. The molecule has 4 amide bonds. The van der Waals surface area contributed by atoms with Gasteiger partial charge in [-0.2, -0.15) is 0 Å². The molecule has 1 saturated heterocycles. The summed E-state index contributed by atoms with van der Waals surface area (Å²) in [5.74, 6) is -3.20. The van der Waals surface area contributed by atoms with Crippen molar-refractivity contribution in [3.63, 3.8) is 0 Å². The molecule has 21 heavy (non-hydrogen) atoms. The van der Waals surface area contributed by atoms with Crippen LogP contribution in [0.3, 0.4) is 0 Å². The maximum Gasteiger partial charge on any atom is 2.00 e. The number of barbiturate groups is 1. The fourth-order valence-corrected chi connectivity index (χ4v) is 1.24. The average Bonchev–Trinajstić information content (AvgIpc) is 2.25. The minimum absolute atomic E-state index is 0. The van der Waals surface area contributed by atoms with Gasteiger partial charge in [0.2, 0.25) is 5.88 Å². The van der Waals surface area contributed by atoms with Crippen LogP contribution >= 0.6 is 0 Å². The summed E-state index contributed by atoms with van der Waals surface area (Å²) in [5, 5.41) is 12.8. The summed E-state index contributed by atoms with van der Waals surface area (Å²) in [6, 6.07) is -1.03. The number of H-pyrrole nitrogens is 2. The van der Waals surface area contributed by atoms with E-state index in [1.165, 1.54) is 0 Å². The third kappa shape index (κ3) is 3.98. The van der Waals surface area contributed by atoms with Gasteiger partial charge in [0, 0.05) is 0 Å². The zero-order valence-corrected chi connectivity index (χ0v) is 12.6. The Morgan fingerprint density at radius 1 is 0.952 bits per heavy atom. The van der Waals surface area contributed by atoms with Gasteiger partial charge < -0.3 is 14.1 Å².